The maximum Gasteiger partial charge on any atom is 0.278 e. The molecule has 0 fully saturated rings. The van der Waals surface area contributed by atoms with Crippen molar-refractivity contribution in [2.24, 2.45) is 0 Å². The second-order valence-electron chi connectivity index (χ2n) is 5.57. The van der Waals surface area contributed by atoms with Crippen LogP contribution in [0.15, 0.2) is 36.5 Å². The first-order chi connectivity index (χ1) is 12.6. The molecule has 142 valence electrons. The summed E-state index contributed by atoms with van der Waals surface area (Å²) in [6, 6.07) is 9.15. The fraction of sp³-hybridized carbons (Fsp3) is 0.450. The fourth-order valence-electron chi connectivity index (χ4n) is 2.18. The quantitative estimate of drug-likeness (QED) is 0.673. The molecule has 1 amide bonds. The van der Waals surface area contributed by atoms with Crippen molar-refractivity contribution in [2.45, 2.75) is 53.1 Å². The number of rotatable bonds is 8. The highest BCUT2D eigenvalue weighted by molar-refractivity contribution is 6.05. The minimum atomic E-state index is -0.383. The number of hydrogen-bond donors (Lipinski definition) is 2. The van der Waals surface area contributed by atoms with E-state index in [0.29, 0.717) is 18.0 Å². The number of hydrogen-bond acceptors (Lipinski definition) is 5. The maximum atomic E-state index is 12.4. The minimum Gasteiger partial charge on any atom is -0.382 e. The molecule has 26 heavy (non-hydrogen) atoms. The molecule has 1 atom stereocenters. The molecule has 6 heteroatoms. The Morgan fingerprint density at radius 1 is 1.23 bits per heavy atom. The number of nitrogen functional groups attached to an aromatic ring is 1. The number of nitrogens with two attached hydrogens (primary N) is 1. The Hall–Kier alpha value is -2.47. The van der Waals surface area contributed by atoms with Crippen LogP contribution in [-0.4, -0.2) is 22.5 Å². The Bertz CT molecular complexity index is 662. The largest absolute Gasteiger partial charge is 0.382 e. The smallest absolute Gasteiger partial charge is 0.278 e. The standard InChI is InChI=1S/C18H24N4O2.C2H6/c1-3-4-8-11-24-13(2)15-12-20-17(19)16(22-15)18(23)21-14-9-6-5-7-10-14;1-2/h5-7,9-10,12-13H,3-4,8,11H2,1-2H3,(H2,19,20)(H,21,23);1-2H3. The van der Waals surface area contributed by atoms with E-state index in [4.69, 9.17) is 10.5 Å². The summed E-state index contributed by atoms with van der Waals surface area (Å²) in [5.41, 5.74) is 7.19. The van der Waals surface area contributed by atoms with Gasteiger partial charge in [0.15, 0.2) is 11.5 Å². The monoisotopic (exact) mass is 358 g/mol. The molecule has 0 aliphatic heterocycles. The molecule has 0 aliphatic rings. The summed E-state index contributed by atoms with van der Waals surface area (Å²) in [5, 5.41) is 2.76. The van der Waals surface area contributed by atoms with Crippen molar-refractivity contribution < 1.29 is 9.53 Å². The zero-order valence-electron chi connectivity index (χ0n) is 16.2. The summed E-state index contributed by atoms with van der Waals surface area (Å²) in [5.74, 6) is -0.281. The predicted molar refractivity (Wildman–Crippen MR) is 106 cm³/mol. The van der Waals surface area contributed by atoms with Crippen molar-refractivity contribution in [1.29, 1.82) is 0 Å². The van der Waals surface area contributed by atoms with E-state index in [2.05, 4.69) is 22.2 Å². The van der Waals surface area contributed by atoms with E-state index in [0.717, 1.165) is 19.3 Å². The van der Waals surface area contributed by atoms with Crippen molar-refractivity contribution >= 4 is 17.4 Å². The van der Waals surface area contributed by atoms with Gasteiger partial charge in [-0.3, -0.25) is 4.79 Å². The van der Waals surface area contributed by atoms with Crippen molar-refractivity contribution in [2.75, 3.05) is 17.7 Å². The van der Waals surface area contributed by atoms with E-state index in [9.17, 15) is 4.79 Å². The van der Waals surface area contributed by atoms with E-state index >= 15 is 0 Å². The van der Waals surface area contributed by atoms with Crippen LogP contribution in [0.5, 0.6) is 0 Å². The number of carbonyl (C=O) groups is 1. The van der Waals surface area contributed by atoms with Crippen LogP contribution >= 0.6 is 0 Å². The molecule has 0 radical (unpaired) electrons. The highest BCUT2D eigenvalue weighted by Crippen LogP contribution is 2.18. The van der Waals surface area contributed by atoms with Gasteiger partial charge in [-0.1, -0.05) is 51.8 Å². The average Bonchev–Trinajstić information content (AvgIpc) is 2.67. The Kier molecular flexibility index (Phi) is 9.94. The van der Waals surface area contributed by atoms with Gasteiger partial charge >= 0.3 is 0 Å². The van der Waals surface area contributed by atoms with Crippen LogP contribution in [-0.2, 0) is 4.74 Å². The molecule has 1 aromatic heterocycles. The van der Waals surface area contributed by atoms with Crippen molar-refractivity contribution in [3.63, 3.8) is 0 Å². The van der Waals surface area contributed by atoms with Gasteiger partial charge in [0.1, 0.15) is 0 Å². The third-order valence-electron chi connectivity index (χ3n) is 3.60. The van der Waals surface area contributed by atoms with E-state index in [1.165, 1.54) is 0 Å². The molecule has 0 spiro atoms. The molecule has 3 N–H and O–H groups in total. The summed E-state index contributed by atoms with van der Waals surface area (Å²) in [6.45, 7) is 8.70. The first kappa shape index (κ1) is 21.6. The van der Waals surface area contributed by atoms with Crippen LogP contribution in [0, 0.1) is 0 Å². The molecule has 2 aromatic rings. The molecule has 1 heterocycles. The minimum absolute atomic E-state index is 0.102. The van der Waals surface area contributed by atoms with Gasteiger partial charge in [-0.05, 0) is 25.5 Å². The Balaban J connectivity index is 0.00000163. The third kappa shape index (κ3) is 6.80. The zero-order valence-corrected chi connectivity index (χ0v) is 16.2. The van der Waals surface area contributed by atoms with Gasteiger partial charge in [-0.2, -0.15) is 0 Å². The lowest BCUT2D eigenvalue weighted by molar-refractivity contribution is 0.0598. The number of amides is 1. The van der Waals surface area contributed by atoms with Crippen molar-refractivity contribution in [3.8, 4) is 0 Å². The average molecular weight is 358 g/mol. The van der Waals surface area contributed by atoms with Crippen LogP contribution in [0.3, 0.4) is 0 Å². The van der Waals surface area contributed by atoms with Gasteiger partial charge in [-0.25, -0.2) is 9.97 Å². The summed E-state index contributed by atoms with van der Waals surface area (Å²) >= 11 is 0. The molecule has 1 aromatic carbocycles. The summed E-state index contributed by atoms with van der Waals surface area (Å²) in [6.07, 6.45) is 4.59. The molecule has 6 nitrogen and oxygen atoms in total. The number of aromatic nitrogens is 2. The van der Waals surface area contributed by atoms with E-state index in [1.807, 2.05) is 39.0 Å². The van der Waals surface area contributed by atoms with Crippen LogP contribution in [0.25, 0.3) is 0 Å². The second kappa shape index (κ2) is 12.0. The number of anilines is 2. The number of ether oxygens (including phenoxy) is 1. The zero-order chi connectivity index (χ0) is 19.4. The number of para-hydroxylation sites is 1. The molecule has 1 unspecified atom stereocenters. The summed E-state index contributed by atoms with van der Waals surface area (Å²) in [7, 11) is 0. The summed E-state index contributed by atoms with van der Waals surface area (Å²) in [4.78, 5) is 20.8. The highest BCUT2D eigenvalue weighted by Gasteiger charge is 2.17. The maximum absolute atomic E-state index is 12.4. The lowest BCUT2D eigenvalue weighted by Crippen LogP contribution is -2.18. The summed E-state index contributed by atoms with van der Waals surface area (Å²) < 4.78 is 5.75. The molecule has 0 aliphatic carbocycles. The lowest BCUT2D eigenvalue weighted by Gasteiger charge is -2.14. The molecule has 0 saturated carbocycles. The molecular weight excluding hydrogens is 328 g/mol. The van der Waals surface area contributed by atoms with E-state index in [-0.39, 0.29) is 23.5 Å². The van der Waals surface area contributed by atoms with Gasteiger partial charge in [-0.15, -0.1) is 0 Å². The Morgan fingerprint density at radius 2 is 1.92 bits per heavy atom. The van der Waals surface area contributed by atoms with Gasteiger partial charge in [0.25, 0.3) is 5.91 Å². The number of nitrogens with one attached hydrogen (secondary N) is 1. The highest BCUT2D eigenvalue weighted by atomic mass is 16.5. The topological polar surface area (TPSA) is 90.1 Å². The van der Waals surface area contributed by atoms with Crippen LogP contribution < -0.4 is 11.1 Å². The van der Waals surface area contributed by atoms with Gasteiger partial charge in [0, 0.05) is 12.3 Å². The SMILES string of the molecule is CC.CCCCCOC(C)c1cnc(N)c(C(=O)Nc2ccccc2)n1. The first-order valence-electron chi connectivity index (χ1n) is 9.22. The molecule has 2 rings (SSSR count). The van der Waals surface area contributed by atoms with E-state index in [1.54, 1.807) is 18.3 Å². The van der Waals surface area contributed by atoms with Crippen LogP contribution in [0.1, 0.15) is 69.2 Å². The molecular formula is C20H30N4O2. The number of carbonyl (C=O) groups excluding carboxylic acids is 1. The van der Waals surface area contributed by atoms with Crippen LogP contribution in [0.2, 0.25) is 0 Å². The van der Waals surface area contributed by atoms with Crippen LogP contribution in [0.4, 0.5) is 11.5 Å². The predicted octanol–water partition coefficient (Wildman–Crippen LogP) is 4.61. The Labute approximate surface area is 156 Å². The molecule has 0 saturated heterocycles. The van der Waals surface area contributed by atoms with Gasteiger partial charge < -0.3 is 15.8 Å². The van der Waals surface area contributed by atoms with Gasteiger partial charge in [0.05, 0.1) is 18.0 Å². The molecule has 0 bridgehead atoms. The Morgan fingerprint density at radius 3 is 2.58 bits per heavy atom. The van der Waals surface area contributed by atoms with Crippen molar-refractivity contribution in [3.05, 3.63) is 47.9 Å². The van der Waals surface area contributed by atoms with Crippen molar-refractivity contribution in [1.82, 2.24) is 9.97 Å². The first-order valence-corrected chi connectivity index (χ1v) is 9.22. The van der Waals surface area contributed by atoms with E-state index < -0.39 is 0 Å². The second-order valence-corrected chi connectivity index (χ2v) is 5.57. The lowest BCUT2D eigenvalue weighted by atomic mass is 10.2. The number of nitrogens with zero attached hydrogens (tertiary/aromatic N) is 2. The number of benzene rings is 1. The normalized spacial score (nSPS) is 11.2. The number of unbranched alkanes of at least 4 members (excludes halogenated alkanes) is 2. The third-order valence-corrected chi connectivity index (χ3v) is 3.60. The van der Waals surface area contributed by atoms with Gasteiger partial charge in [0.2, 0.25) is 0 Å². The fourth-order valence-corrected chi connectivity index (χ4v) is 2.18.